The van der Waals surface area contributed by atoms with Gasteiger partial charge >= 0.3 is 0 Å². The molecule has 0 unspecified atom stereocenters. The van der Waals surface area contributed by atoms with Crippen LogP contribution in [0.4, 0.5) is 0 Å². The molecule has 0 saturated heterocycles. The molecule has 3 nitrogen and oxygen atoms in total. The van der Waals surface area contributed by atoms with Crippen molar-refractivity contribution in [3.63, 3.8) is 0 Å². The molecule has 1 aliphatic rings. The van der Waals surface area contributed by atoms with E-state index in [0.717, 1.165) is 5.56 Å². The van der Waals surface area contributed by atoms with Gasteiger partial charge in [-0.3, -0.25) is 4.79 Å². The molecule has 1 aromatic carbocycles. The number of nitrogens with zero attached hydrogens (tertiary/aromatic N) is 2. The Bertz CT molecular complexity index is 563. The predicted molar refractivity (Wildman–Crippen MR) is 82.3 cm³/mol. The summed E-state index contributed by atoms with van der Waals surface area (Å²) >= 11 is 7.20. The number of rotatable bonds is 3. The van der Waals surface area contributed by atoms with E-state index in [1.165, 1.54) is 11.8 Å². The Kier molecular flexibility index (Phi) is 4.45. The standard InChI is InChI=1S/C14H13ClN2OS/c1-3-8-17(2)14-16-13(18)12(19-14)9-10-4-6-11(15)7-5-10/h3-7,9H,1,8H2,2H3. The molecular formula is C14H13ClN2OS. The lowest BCUT2D eigenvalue weighted by atomic mass is 10.2. The maximum absolute atomic E-state index is 11.8. The van der Waals surface area contributed by atoms with E-state index in [9.17, 15) is 4.79 Å². The highest BCUT2D eigenvalue weighted by Gasteiger charge is 2.23. The molecule has 0 aliphatic carbocycles. The number of aliphatic imine (C=N–C) groups is 1. The van der Waals surface area contributed by atoms with Gasteiger partial charge in [0.2, 0.25) is 0 Å². The van der Waals surface area contributed by atoms with Crippen molar-refractivity contribution in [3.05, 3.63) is 52.4 Å². The Hall–Kier alpha value is -1.52. The number of thioether (sulfide) groups is 1. The van der Waals surface area contributed by atoms with Crippen LogP contribution in [0.1, 0.15) is 5.56 Å². The normalized spacial score (nSPS) is 16.6. The molecule has 0 aromatic heterocycles. The Labute approximate surface area is 121 Å². The Balaban J connectivity index is 2.14. The summed E-state index contributed by atoms with van der Waals surface area (Å²) in [6.07, 6.45) is 3.59. The summed E-state index contributed by atoms with van der Waals surface area (Å²) in [5, 5.41) is 1.38. The number of carbonyl (C=O) groups excluding carboxylic acids is 1. The molecule has 5 heteroatoms. The topological polar surface area (TPSA) is 32.7 Å². The van der Waals surface area contributed by atoms with Crippen LogP contribution < -0.4 is 0 Å². The molecule has 1 heterocycles. The summed E-state index contributed by atoms with van der Waals surface area (Å²) in [5.74, 6) is -0.203. The third-order valence-electron chi connectivity index (χ3n) is 2.51. The van der Waals surface area contributed by atoms with Gasteiger partial charge in [0.15, 0.2) is 5.17 Å². The van der Waals surface area contributed by atoms with Crippen molar-refractivity contribution >= 4 is 40.5 Å². The number of amidine groups is 1. The van der Waals surface area contributed by atoms with Crippen molar-refractivity contribution < 1.29 is 4.79 Å². The van der Waals surface area contributed by atoms with Crippen molar-refractivity contribution in [1.82, 2.24) is 4.90 Å². The summed E-state index contributed by atoms with van der Waals surface area (Å²) in [6.45, 7) is 4.33. The summed E-state index contributed by atoms with van der Waals surface area (Å²) in [4.78, 5) is 18.3. The first-order chi connectivity index (χ1) is 9.10. The third kappa shape index (κ3) is 3.49. The molecule has 0 radical (unpaired) electrons. The number of halogens is 1. The first-order valence-electron chi connectivity index (χ1n) is 5.70. The number of likely N-dealkylation sites (N-methyl/N-ethyl adjacent to an activating group) is 1. The molecule has 0 spiro atoms. The monoisotopic (exact) mass is 292 g/mol. The maximum Gasteiger partial charge on any atom is 0.286 e. The number of amides is 1. The van der Waals surface area contributed by atoms with Gasteiger partial charge in [-0.15, -0.1) is 6.58 Å². The first kappa shape index (κ1) is 13.9. The van der Waals surface area contributed by atoms with Crippen LogP contribution in [-0.4, -0.2) is 29.6 Å². The molecule has 0 bridgehead atoms. The van der Waals surface area contributed by atoms with Gasteiger partial charge in [0.1, 0.15) is 0 Å². The molecule has 19 heavy (non-hydrogen) atoms. The van der Waals surface area contributed by atoms with Crippen molar-refractivity contribution in [2.75, 3.05) is 13.6 Å². The summed E-state index contributed by atoms with van der Waals surface area (Å²) in [5.41, 5.74) is 0.933. The fourth-order valence-electron chi connectivity index (χ4n) is 1.54. The second-order valence-corrected chi connectivity index (χ2v) is 5.48. The maximum atomic E-state index is 11.8. The fourth-order valence-corrected chi connectivity index (χ4v) is 2.55. The number of hydrogen-bond donors (Lipinski definition) is 0. The van der Waals surface area contributed by atoms with E-state index in [4.69, 9.17) is 11.6 Å². The van der Waals surface area contributed by atoms with Crippen molar-refractivity contribution in [2.45, 2.75) is 0 Å². The van der Waals surface area contributed by atoms with Crippen molar-refractivity contribution in [1.29, 1.82) is 0 Å². The molecule has 98 valence electrons. The van der Waals surface area contributed by atoms with Crippen molar-refractivity contribution in [2.24, 2.45) is 4.99 Å². The molecule has 1 aromatic rings. The molecular weight excluding hydrogens is 280 g/mol. The van der Waals surface area contributed by atoms with Crippen LogP contribution in [0.3, 0.4) is 0 Å². The minimum atomic E-state index is -0.203. The van der Waals surface area contributed by atoms with E-state index in [1.54, 1.807) is 18.2 Å². The molecule has 0 saturated carbocycles. The van der Waals surface area contributed by atoms with Crippen molar-refractivity contribution in [3.8, 4) is 0 Å². The molecule has 0 fully saturated rings. The minimum Gasteiger partial charge on any atom is -0.350 e. The largest absolute Gasteiger partial charge is 0.350 e. The summed E-state index contributed by atoms with van der Waals surface area (Å²) < 4.78 is 0. The third-order valence-corrected chi connectivity index (χ3v) is 3.86. The van der Waals surface area contributed by atoms with Gasteiger partial charge in [-0.1, -0.05) is 29.8 Å². The number of carbonyl (C=O) groups is 1. The Morgan fingerprint density at radius 1 is 1.42 bits per heavy atom. The van der Waals surface area contributed by atoms with Crippen LogP contribution >= 0.6 is 23.4 Å². The van der Waals surface area contributed by atoms with Crippen LogP contribution in [0.15, 0.2) is 46.8 Å². The van der Waals surface area contributed by atoms with Crippen LogP contribution in [0.25, 0.3) is 6.08 Å². The highest BCUT2D eigenvalue weighted by molar-refractivity contribution is 8.18. The predicted octanol–water partition coefficient (Wildman–Crippen LogP) is 3.43. The van der Waals surface area contributed by atoms with Gasteiger partial charge < -0.3 is 4.90 Å². The van der Waals surface area contributed by atoms with Crippen LogP contribution in [0.2, 0.25) is 5.02 Å². The highest BCUT2D eigenvalue weighted by Crippen LogP contribution is 2.29. The number of benzene rings is 1. The molecule has 0 N–H and O–H groups in total. The van der Waals surface area contributed by atoms with Crippen LogP contribution in [0.5, 0.6) is 0 Å². The minimum absolute atomic E-state index is 0.203. The number of hydrogen-bond acceptors (Lipinski definition) is 3. The van der Waals surface area contributed by atoms with Gasteiger partial charge in [-0.25, -0.2) is 0 Å². The van der Waals surface area contributed by atoms with Crippen LogP contribution in [0, 0.1) is 0 Å². The lowest BCUT2D eigenvalue weighted by Gasteiger charge is -2.14. The van der Waals surface area contributed by atoms with Gasteiger partial charge in [-0.05, 0) is 35.5 Å². The molecule has 1 aliphatic heterocycles. The van der Waals surface area contributed by atoms with Gasteiger partial charge in [0, 0.05) is 18.6 Å². The van der Waals surface area contributed by atoms with E-state index in [1.807, 2.05) is 30.2 Å². The van der Waals surface area contributed by atoms with Gasteiger partial charge in [-0.2, -0.15) is 4.99 Å². The van der Waals surface area contributed by atoms with E-state index < -0.39 is 0 Å². The van der Waals surface area contributed by atoms with Gasteiger partial charge in [0.25, 0.3) is 5.91 Å². The van der Waals surface area contributed by atoms with E-state index in [2.05, 4.69) is 11.6 Å². The zero-order chi connectivity index (χ0) is 13.8. The summed E-state index contributed by atoms with van der Waals surface area (Å²) in [6, 6.07) is 7.33. The summed E-state index contributed by atoms with van der Waals surface area (Å²) in [7, 11) is 1.88. The quantitative estimate of drug-likeness (QED) is 0.632. The smallest absolute Gasteiger partial charge is 0.286 e. The lowest BCUT2D eigenvalue weighted by Crippen LogP contribution is -2.22. The van der Waals surface area contributed by atoms with E-state index in [0.29, 0.717) is 21.6 Å². The van der Waals surface area contributed by atoms with Gasteiger partial charge in [0.05, 0.1) is 4.91 Å². The first-order valence-corrected chi connectivity index (χ1v) is 6.90. The zero-order valence-electron chi connectivity index (χ0n) is 10.5. The fraction of sp³-hybridized carbons (Fsp3) is 0.143. The lowest BCUT2D eigenvalue weighted by molar-refractivity contribution is -0.113. The molecule has 0 atom stereocenters. The average molecular weight is 293 g/mol. The van der Waals surface area contributed by atoms with E-state index in [-0.39, 0.29) is 5.91 Å². The average Bonchev–Trinajstić information content (AvgIpc) is 2.74. The Morgan fingerprint density at radius 2 is 2.11 bits per heavy atom. The van der Waals surface area contributed by atoms with E-state index >= 15 is 0 Å². The highest BCUT2D eigenvalue weighted by atomic mass is 35.5. The van der Waals surface area contributed by atoms with Crippen LogP contribution in [-0.2, 0) is 4.79 Å². The molecule has 2 rings (SSSR count). The molecule has 1 amide bonds. The Morgan fingerprint density at radius 3 is 2.74 bits per heavy atom. The second kappa shape index (κ2) is 6.08. The second-order valence-electron chi connectivity index (χ2n) is 4.03. The SMILES string of the molecule is C=CCN(C)C1=NC(=O)C(=Cc2ccc(Cl)cc2)S1. The zero-order valence-corrected chi connectivity index (χ0v) is 12.0.